The highest BCUT2D eigenvalue weighted by Gasteiger charge is 2.26. The van der Waals surface area contributed by atoms with Gasteiger partial charge in [-0.05, 0) is 35.8 Å². The van der Waals surface area contributed by atoms with E-state index in [1.165, 1.54) is 19.2 Å². The van der Waals surface area contributed by atoms with E-state index in [0.717, 1.165) is 21.8 Å². The molecule has 0 aliphatic carbocycles. The second kappa shape index (κ2) is 6.62. The lowest BCUT2D eigenvalue weighted by Crippen LogP contribution is -2.48. The third-order valence-corrected chi connectivity index (χ3v) is 5.52. The molecule has 1 amide bonds. The van der Waals surface area contributed by atoms with E-state index in [9.17, 15) is 18.8 Å². The molecule has 10 heteroatoms. The number of aromatic amines is 1. The normalized spacial score (nSPS) is 14.7. The molecule has 0 unspecified atom stereocenters. The predicted molar refractivity (Wildman–Crippen MR) is 100.0 cm³/mol. The van der Waals surface area contributed by atoms with Crippen LogP contribution in [0.1, 0.15) is 9.67 Å². The molecule has 27 heavy (non-hydrogen) atoms. The maximum Gasteiger partial charge on any atom is 0.328 e. The molecule has 0 spiro atoms. The fraction of sp³-hybridized carbons (Fsp3) is 0.294. The Morgan fingerprint density at radius 3 is 2.48 bits per heavy atom. The van der Waals surface area contributed by atoms with Gasteiger partial charge in [-0.2, -0.15) is 4.37 Å². The topological polar surface area (TPSA) is 91.3 Å². The van der Waals surface area contributed by atoms with E-state index in [0.29, 0.717) is 26.2 Å². The van der Waals surface area contributed by atoms with Crippen LogP contribution in [0.4, 0.5) is 10.1 Å². The minimum absolute atomic E-state index is 0.0930. The van der Waals surface area contributed by atoms with Gasteiger partial charge in [-0.15, -0.1) is 0 Å². The fourth-order valence-corrected chi connectivity index (χ4v) is 3.90. The maximum absolute atomic E-state index is 13.1. The molecular formula is C17H16FN5O3S. The molecule has 1 saturated heterocycles. The minimum atomic E-state index is -0.581. The first-order chi connectivity index (χ1) is 13.0. The summed E-state index contributed by atoms with van der Waals surface area (Å²) in [6.45, 7) is 2.16. The molecule has 8 nitrogen and oxygen atoms in total. The molecular weight excluding hydrogens is 373 g/mol. The summed E-state index contributed by atoms with van der Waals surface area (Å²) in [5.74, 6) is -0.546. The van der Waals surface area contributed by atoms with Crippen molar-refractivity contribution in [1.29, 1.82) is 0 Å². The Hall–Kier alpha value is -3.01. The highest BCUT2D eigenvalue weighted by atomic mass is 32.1. The van der Waals surface area contributed by atoms with Crippen molar-refractivity contribution in [3.63, 3.8) is 0 Å². The molecule has 0 radical (unpaired) electrons. The third kappa shape index (κ3) is 3.01. The van der Waals surface area contributed by atoms with Crippen molar-refractivity contribution >= 4 is 34.2 Å². The number of hydrogen-bond donors (Lipinski definition) is 1. The third-order valence-electron chi connectivity index (χ3n) is 4.69. The lowest BCUT2D eigenvalue weighted by atomic mass is 10.2. The number of nitrogens with zero attached hydrogens (tertiary/aromatic N) is 4. The Balaban J connectivity index is 1.55. The Kier molecular flexibility index (Phi) is 4.27. The molecule has 0 bridgehead atoms. The van der Waals surface area contributed by atoms with Crippen LogP contribution in [0.15, 0.2) is 33.9 Å². The summed E-state index contributed by atoms with van der Waals surface area (Å²) >= 11 is 0.915. The number of halogens is 1. The Morgan fingerprint density at radius 1 is 1.15 bits per heavy atom. The summed E-state index contributed by atoms with van der Waals surface area (Å²) in [6.07, 6.45) is 0. The number of anilines is 1. The molecule has 0 atom stereocenters. The average Bonchev–Trinajstić information content (AvgIpc) is 3.10. The van der Waals surface area contributed by atoms with E-state index in [1.807, 2.05) is 0 Å². The number of aromatic nitrogens is 3. The monoisotopic (exact) mass is 389 g/mol. The Morgan fingerprint density at radius 2 is 1.81 bits per heavy atom. The molecule has 1 N–H and O–H groups in total. The summed E-state index contributed by atoms with van der Waals surface area (Å²) in [4.78, 5) is 43.4. The second-order valence-electron chi connectivity index (χ2n) is 6.29. The van der Waals surface area contributed by atoms with Crippen molar-refractivity contribution in [3.05, 3.63) is 55.8 Å². The van der Waals surface area contributed by atoms with Gasteiger partial charge in [-0.1, -0.05) is 0 Å². The summed E-state index contributed by atoms with van der Waals surface area (Å²) in [7, 11) is 1.36. The molecule has 140 valence electrons. The minimum Gasteiger partial charge on any atom is -0.368 e. The largest absolute Gasteiger partial charge is 0.368 e. The molecule has 1 aliphatic rings. The first-order valence-electron chi connectivity index (χ1n) is 8.34. The Bertz CT molecular complexity index is 1130. The number of piperazine rings is 1. The summed E-state index contributed by atoms with van der Waals surface area (Å²) in [5.41, 5.74) is 0.0853. The predicted octanol–water partition coefficient (Wildman–Crippen LogP) is 0.785. The van der Waals surface area contributed by atoms with Crippen LogP contribution in [0, 0.1) is 5.82 Å². The van der Waals surface area contributed by atoms with E-state index in [2.05, 4.69) is 14.3 Å². The van der Waals surface area contributed by atoms with Gasteiger partial charge in [0.15, 0.2) is 5.52 Å². The van der Waals surface area contributed by atoms with E-state index in [4.69, 9.17) is 0 Å². The van der Waals surface area contributed by atoms with Gasteiger partial charge in [0, 0.05) is 38.9 Å². The first kappa shape index (κ1) is 17.4. The number of amides is 1. The van der Waals surface area contributed by atoms with Gasteiger partial charge in [0.1, 0.15) is 10.7 Å². The zero-order valence-electron chi connectivity index (χ0n) is 14.4. The number of H-pyrrole nitrogens is 1. The smallest absolute Gasteiger partial charge is 0.328 e. The quantitative estimate of drug-likeness (QED) is 0.700. The van der Waals surface area contributed by atoms with Crippen LogP contribution in [0.5, 0.6) is 0 Å². The number of nitrogens with one attached hydrogen (secondary N) is 1. The van der Waals surface area contributed by atoms with Crippen molar-refractivity contribution in [2.45, 2.75) is 0 Å². The molecule has 3 heterocycles. The molecule has 4 rings (SSSR count). The van der Waals surface area contributed by atoms with Gasteiger partial charge in [-0.3, -0.25) is 14.2 Å². The van der Waals surface area contributed by atoms with E-state index in [-0.39, 0.29) is 27.6 Å². The number of carbonyl (C=O) groups excluding carboxylic acids is 1. The van der Waals surface area contributed by atoms with Crippen molar-refractivity contribution in [2.24, 2.45) is 7.05 Å². The molecule has 1 aliphatic heterocycles. The van der Waals surface area contributed by atoms with E-state index >= 15 is 0 Å². The van der Waals surface area contributed by atoms with Crippen LogP contribution in [0.3, 0.4) is 0 Å². The van der Waals surface area contributed by atoms with Crippen molar-refractivity contribution in [1.82, 2.24) is 18.8 Å². The van der Waals surface area contributed by atoms with Crippen molar-refractivity contribution in [2.75, 3.05) is 31.1 Å². The summed E-state index contributed by atoms with van der Waals surface area (Å²) in [6, 6.07) is 6.24. The van der Waals surface area contributed by atoms with Gasteiger partial charge in [-0.25, -0.2) is 9.18 Å². The van der Waals surface area contributed by atoms with Gasteiger partial charge in [0.05, 0.1) is 5.52 Å². The standard InChI is InChI=1S/C17H16FN5O3S/c1-21-15(24)13-12(19-17(21)26)14(27-20-13)16(25)23-8-6-22(7-9-23)11-4-2-10(18)3-5-11/h2-5H,6-9H2,1H3,(H,19,26). The van der Waals surface area contributed by atoms with Gasteiger partial charge in [0.2, 0.25) is 0 Å². The lowest BCUT2D eigenvalue weighted by Gasteiger charge is -2.35. The van der Waals surface area contributed by atoms with E-state index in [1.54, 1.807) is 17.0 Å². The Labute approximate surface area is 156 Å². The van der Waals surface area contributed by atoms with E-state index < -0.39 is 11.2 Å². The zero-order valence-corrected chi connectivity index (χ0v) is 15.3. The molecule has 3 aromatic rings. The lowest BCUT2D eigenvalue weighted by molar-refractivity contribution is 0.0753. The molecule has 2 aromatic heterocycles. The van der Waals surface area contributed by atoms with Crippen molar-refractivity contribution < 1.29 is 9.18 Å². The first-order valence-corrected chi connectivity index (χ1v) is 9.11. The van der Waals surface area contributed by atoms with Crippen LogP contribution in [0.2, 0.25) is 0 Å². The summed E-state index contributed by atoms with van der Waals surface area (Å²) < 4.78 is 18.0. The van der Waals surface area contributed by atoms with Crippen LogP contribution in [-0.2, 0) is 7.05 Å². The van der Waals surface area contributed by atoms with Crippen LogP contribution in [0.25, 0.3) is 11.0 Å². The van der Waals surface area contributed by atoms with Crippen LogP contribution >= 0.6 is 11.5 Å². The van der Waals surface area contributed by atoms with Gasteiger partial charge >= 0.3 is 5.69 Å². The highest BCUT2D eigenvalue weighted by molar-refractivity contribution is 7.09. The van der Waals surface area contributed by atoms with Crippen molar-refractivity contribution in [3.8, 4) is 0 Å². The fourth-order valence-electron chi connectivity index (χ4n) is 3.10. The molecule has 0 saturated carbocycles. The number of fused-ring (bicyclic) bond motifs is 1. The second-order valence-corrected chi connectivity index (χ2v) is 7.06. The number of benzene rings is 1. The molecule has 1 fully saturated rings. The zero-order chi connectivity index (χ0) is 19.1. The number of hydrogen-bond acceptors (Lipinski definition) is 6. The highest BCUT2D eigenvalue weighted by Crippen LogP contribution is 2.21. The van der Waals surface area contributed by atoms with Crippen LogP contribution < -0.4 is 16.1 Å². The SMILES string of the molecule is Cn1c(=O)[nH]c2c(C(=O)N3CCN(c4ccc(F)cc4)CC3)snc2c1=O. The maximum atomic E-state index is 13.1. The van der Waals surface area contributed by atoms with Gasteiger partial charge in [0.25, 0.3) is 11.5 Å². The number of rotatable bonds is 2. The summed E-state index contributed by atoms with van der Waals surface area (Å²) in [5, 5.41) is 0. The molecule has 1 aromatic carbocycles. The number of carbonyl (C=O) groups is 1. The van der Waals surface area contributed by atoms with Gasteiger partial charge < -0.3 is 14.8 Å². The van der Waals surface area contributed by atoms with Crippen LogP contribution in [-0.4, -0.2) is 50.9 Å². The average molecular weight is 389 g/mol.